The average Bonchev–Trinajstić information content (AvgIpc) is 3.06. The Bertz CT molecular complexity index is 857. The van der Waals surface area contributed by atoms with Crippen LogP contribution in [0.4, 0.5) is 5.13 Å². The Hall–Kier alpha value is -1.81. The van der Waals surface area contributed by atoms with Gasteiger partial charge in [0.25, 0.3) is 0 Å². The molecule has 1 fully saturated rings. The van der Waals surface area contributed by atoms with E-state index in [-0.39, 0.29) is 17.7 Å². The van der Waals surface area contributed by atoms with Crippen molar-refractivity contribution < 1.29 is 13.2 Å². The summed E-state index contributed by atoms with van der Waals surface area (Å²) in [7, 11) is -1.70. The van der Waals surface area contributed by atoms with Crippen LogP contribution in [0.5, 0.6) is 0 Å². The molecule has 1 aromatic heterocycles. The first-order valence-electron chi connectivity index (χ1n) is 9.35. The van der Waals surface area contributed by atoms with Crippen LogP contribution in [0, 0.1) is 0 Å². The number of nitrogens with zero attached hydrogens (tertiary/aromatic N) is 3. The fraction of sp³-hybridized carbons (Fsp3) is 0.474. The fourth-order valence-corrected chi connectivity index (χ4v) is 5.45. The van der Waals surface area contributed by atoms with Crippen LogP contribution in [0.25, 0.3) is 0 Å². The number of rotatable bonds is 7. The number of amides is 1. The first-order chi connectivity index (χ1) is 13.4. The Balaban J connectivity index is 1.53. The SMILES string of the molecule is CN(C1CCCN(CC(=O)Nc2nccs2)CC1)S(=O)(=O)Cc1ccccc1. The van der Waals surface area contributed by atoms with Crippen molar-refractivity contribution in [1.29, 1.82) is 0 Å². The lowest BCUT2D eigenvalue weighted by molar-refractivity contribution is -0.117. The Morgan fingerprint density at radius 3 is 2.79 bits per heavy atom. The molecule has 28 heavy (non-hydrogen) atoms. The molecule has 2 heterocycles. The van der Waals surface area contributed by atoms with E-state index < -0.39 is 10.0 Å². The lowest BCUT2D eigenvalue weighted by Gasteiger charge is -2.26. The maximum atomic E-state index is 12.8. The molecule has 0 spiro atoms. The maximum Gasteiger partial charge on any atom is 0.240 e. The summed E-state index contributed by atoms with van der Waals surface area (Å²) in [6.07, 6.45) is 4.03. The molecule has 0 saturated carbocycles. The van der Waals surface area contributed by atoms with Gasteiger partial charge in [-0.2, -0.15) is 0 Å². The number of sulfonamides is 1. The molecule has 1 aliphatic rings. The van der Waals surface area contributed by atoms with Gasteiger partial charge in [0.1, 0.15) is 0 Å². The number of carbonyl (C=O) groups excluding carboxylic acids is 1. The van der Waals surface area contributed by atoms with Crippen molar-refractivity contribution >= 4 is 32.4 Å². The highest BCUT2D eigenvalue weighted by Crippen LogP contribution is 2.21. The van der Waals surface area contributed by atoms with Gasteiger partial charge in [-0.05, 0) is 31.4 Å². The van der Waals surface area contributed by atoms with Crippen molar-refractivity contribution in [2.75, 3.05) is 32.0 Å². The molecule has 9 heteroatoms. The number of aromatic nitrogens is 1. The zero-order valence-electron chi connectivity index (χ0n) is 16.0. The minimum Gasteiger partial charge on any atom is -0.301 e. The van der Waals surface area contributed by atoms with Gasteiger partial charge in [0.2, 0.25) is 15.9 Å². The molecular formula is C19H26N4O3S2. The van der Waals surface area contributed by atoms with Gasteiger partial charge in [0, 0.05) is 31.2 Å². The molecule has 0 bridgehead atoms. The summed E-state index contributed by atoms with van der Waals surface area (Å²) in [6, 6.07) is 9.21. The standard InChI is InChI=1S/C19H26N4O3S2/c1-22(28(25,26)15-16-6-3-2-4-7-16)17-8-5-11-23(12-9-17)14-18(24)21-19-20-10-13-27-19/h2-4,6-7,10,13,17H,5,8-9,11-12,14-15H2,1H3,(H,20,21,24). The smallest absolute Gasteiger partial charge is 0.240 e. The summed E-state index contributed by atoms with van der Waals surface area (Å²) in [5.74, 6) is -0.0701. The molecule has 1 amide bonds. The van der Waals surface area contributed by atoms with E-state index in [1.54, 1.807) is 13.2 Å². The van der Waals surface area contributed by atoms with Gasteiger partial charge in [0.05, 0.1) is 12.3 Å². The van der Waals surface area contributed by atoms with E-state index in [9.17, 15) is 13.2 Å². The lowest BCUT2D eigenvalue weighted by Crippen LogP contribution is -2.39. The number of carbonyl (C=O) groups is 1. The Labute approximate surface area is 170 Å². The van der Waals surface area contributed by atoms with Crippen LogP contribution in [0.2, 0.25) is 0 Å². The highest BCUT2D eigenvalue weighted by atomic mass is 32.2. The highest BCUT2D eigenvalue weighted by molar-refractivity contribution is 7.88. The van der Waals surface area contributed by atoms with Gasteiger partial charge in [-0.15, -0.1) is 11.3 Å². The number of likely N-dealkylation sites (tertiary alicyclic amines) is 1. The van der Waals surface area contributed by atoms with Crippen LogP contribution >= 0.6 is 11.3 Å². The molecule has 7 nitrogen and oxygen atoms in total. The third-order valence-corrected chi connectivity index (χ3v) is 7.54. The van der Waals surface area contributed by atoms with Gasteiger partial charge in [0.15, 0.2) is 5.13 Å². The van der Waals surface area contributed by atoms with Gasteiger partial charge in [-0.25, -0.2) is 17.7 Å². The second kappa shape index (κ2) is 9.60. The fourth-order valence-electron chi connectivity index (χ4n) is 3.42. The number of nitrogens with one attached hydrogen (secondary N) is 1. The van der Waals surface area contributed by atoms with Crippen LogP contribution in [-0.4, -0.2) is 61.2 Å². The van der Waals surface area contributed by atoms with Gasteiger partial charge >= 0.3 is 0 Å². The summed E-state index contributed by atoms with van der Waals surface area (Å²) < 4.78 is 27.1. The first kappa shape index (κ1) is 20.9. The van der Waals surface area contributed by atoms with E-state index >= 15 is 0 Å². The molecule has 1 saturated heterocycles. The number of thiazole rings is 1. The van der Waals surface area contributed by atoms with Crippen molar-refractivity contribution in [2.24, 2.45) is 0 Å². The molecule has 1 atom stereocenters. The minimum atomic E-state index is -3.38. The van der Waals surface area contributed by atoms with Crippen LogP contribution < -0.4 is 5.32 Å². The number of hydrogen-bond acceptors (Lipinski definition) is 6. The summed E-state index contributed by atoms with van der Waals surface area (Å²) in [5, 5.41) is 5.21. The minimum absolute atomic E-state index is 0.0147. The average molecular weight is 423 g/mol. The van der Waals surface area contributed by atoms with Crippen molar-refractivity contribution in [3.63, 3.8) is 0 Å². The number of hydrogen-bond donors (Lipinski definition) is 1. The Morgan fingerprint density at radius 2 is 2.07 bits per heavy atom. The highest BCUT2D eigenvalue weighted by Gasteiger charge is 2.28. The van der Waals surface area contributed by atoms with Gasteiger partial charge in [-0.3, -0.25) is 9.69 Å². The molecule has 1 aliphatic heterocycles. The van der Waals surface area contributed by atoms with Crippen molar-refractivity contribution in [2.45, 2.75) is 31.1 Å². The summed E-state index contributed by atoms with van der Waals surface area (Å²) >= 11 is 1.39. The normalized spacial score (nSPS) is 18.7. The van der Waals surface area contributed by atoms with Crippen LogP contribution in [0.3, 0.4) is 0 Å². The van der Waals surface area contributed by atoms with E-state index in [4.69, 9.17) is 0 Å². The number of benzene rings is 1. The monoisotopic (exact) mass is 422 g/mol. The van der Waals surface area contributed by atoms with E-state index in [0.717, 1.165) is 31.4 Å². The quantitative estimate of drug-likeness (QED) is 0.741. The van der Waals surface area contributed by atoms with Crippen molar-refractivity contribution in [3.05, 3.63) is 47.5 Å². The Kier molecular flexibility index (Phi) is 7.17. The lowest BCUT2D eigenvalue weighted by atomic mass is 10.1. The maximum absolute atomic E-state index is 12.8. The van der Waals surface area contributed by atoms with Crippen molar-refractivity contribution in [3.8, 4) is 0 Å². The topological polar surface area (TPSA) is 82.6 Å². The molecule has 1 aromatic carbocycles. The summed E-state index contributed by atoms with van der Waals surface area (Å²) in [4.78, 5) is 18.3. The first-order valence-corrected chi connectivity index (χ1v) is 11.8. The predicted molar refractivity (Wildman–Crippen MR) is 112 cm³/mol. The van der Waals surface area contributed by atoms with Gasteiger partial charge < -0.3 is 5.32 Å². The van der Waals surface area contributed by atoms with E-state index in [2.05, 4.69) is 15.2 Å². The van der Waals surface area contributed by atoms with Crippen LogP contribution in [-0.2, 0) is 20.6 Å². The Morgan fingerprint density at radius 1 is 1.29 bits per heavy atom. The molecule has 1 N–H and O–H groups in total. The number of anilines is 1. The molecule has 1 unspecified atom stereocenters. The van der Waals surface area contributed by atoms with Gasteiger partial charge in [-0.1, -0.05) is 30.3 Å². The zero-order chi connectivity index (χ0) is 20.0. The van der Waals surface area contributed by atoms with Crippen molar-refractivity contribution in [1.82, 2.24) is 14.2 Å². The molecule has 0 aliphatic carbocycles. The molecular weight excluding hydrogens is 396 g/mol. The van der Waals surface area contributed by atoms with E-state index in [0.29, 0.717) is 18.2 Å². The summed E-state index contributed by atoms with van der Waals surface area (Å²) in [5.41, 5.74) is 0.795. The van der Waals surface area contributed by atoms with Crippen LogP contribution in [0.1, 0.15) is 24.8 Å². The van der Waals surface area contributed by atoms with E-state index in [1.165, 1.54) is 15.6 Å². The van der Waals surface area contributed by atoms with Crippen LogP contribution in [0.15, 0.2) is 41.9 Å². The molecule has 0 radical (unpaired) electrons. The largest absolute Gasteiger partial charge is 0.301 e. The second-order valence-corrected chi connectivity index (χ2v) is 9.93. The van der Waals surface area contributed by atoms with E-state index in [1.807, 2.05) is 35.7 Å². The third kappa shape index (κ3) is 5.84. The zero-order valence-corrected chi connectivity index (χ0v) is 17.6. The predicted octanol–water partition coefficient (Wildman–Crippen LogP) is 2.40. The third-order valence-electron chi connectivity index (χ3n) is 4.98. The second-order valence-electron chi connectivity index (χ2n) is 7.00. The summed E-state index contributed by atoms with van der Waals surface area (Å²) in [6.45, 7) is 1.78. The molecule has 152 valence electrons. The molecule has 3 rings (SSSR count). The molecule has 2 aromatic rings.